The molecule has 0 N–H and O–H groups in total. The van der Waals surface area contributed by atoms with Gasteiger partial charge in [0.25, 0.3) is 0 Å². The van der Waals surface area contributed by atoms with Crippen LogP contribution in [0.1, 0.15) is 84.5 Å². The summed E-state index contributed by atoms with van der Waals surface area (Å²) in [7, 11) is 0. The second-order valence-electron chi connectivity index (χ2n) is 4.96. The first kappa shape index (κ1) is 17.9. The van der Waals surface area contributed by atoms with Gasteiger partial charge in [-0.2, -0.15) is 0 Å². The number of carbonyl (C=O) groups excluding carboxylic acids is 2. The monoisotopic (exact) mass is 272 g/mol. The van der Waals surface area contributed by atoms with E-state index in [1.54, 1.807) is 0 Å². The van der Waals surface area contributed by atoms with Crippen molar-refractivity contribution in [3.8, 4) is 0 Å². The van der Waals surface area contributed by atoms with E-state index in [0.29, 0.717) is 6.42 Å². The van der Waals surface area contributed by atoms with Gasteiger partial charge in [0.15, 0.2) is 0 Å². The topological polar surface area (TPSA) is 52.6 Å². The molecule has 0 rings (SSSR count). The Morgan fingerprint density at radius 3 is 1.68 bits per heavy atom. The molecule has 0 unspecified atom stereocenters. The Balaban J connectivity index is 3.13. The number of rotatable bonds is 11. The molecule has 0 aliphatic heterocycles. The molecule has 0 saturated heterocycles. The van der Waals surface area contributed by atoms with Gasteiger partial charge in [-0.25, -0.2) is 19.4 Å². The average Bonchev–Trinajstić information content (AvgIpc) is 2.38. The number of hydrogen-bond donors (Lipinski definition) is 0. The maximum Gasteiger partial charge on any atom is 0.355 e. The molecule has 4 heteroatoms. The van der Waals surface area contributed by atoms with Crippen LogP contribution in [0.2, 0.25) is 0 Å². The average molecular weight is 272 g/mol. The normalized spacial score (nSPS) is 10.2. The third kappa shape index (κ3) is 14.9. The van der Waals surface area contributed by atoms with Crippen LogP contribution in [0.3, 0.4) is 0 Å². The van der Waals surface area contributed by atoms with Crippen LogP contribution >= 0.6 is 0 Å². The van der Waals surface area contributed by atoms with Crippen molar-refractivity contribution in [1.82, 2.24) is 0 Å². The van der Waals surface area contributed by atoms with Gasteiger partial charge < -0.3 is 0 Å². The van der Waals surface area contributed by atoms with Crippen LogP contribution in [0.25, 0.3) is 0 Å². The van der Waals surface area contributed by atoms with E-state index in [-0.39, 0.29) is 0 Å². The summed E-state index contributed by atoms with van der Waals surface area (Å²) < 4.78 is 0. The van der Waals surface area contributed by atoms with Gasteiger partial charge in [0.1, 0.15) is 0 Å². The molecule has 0 bridgehead atoms. The van der Waals surface area contributed by atoms with Crippen LogP contribution in [0.15, 0.2) is 0 Å². The van der Waals surface area contributed by atoms with Crippen molar-refractivity contribution < 1.29 is 19.4 Å². The Hall–Kier alpha value is -1.06. The summed E-state index contributed by atoms with van der Waals surface area (Å²) in [6, 6.07) is 0. The maximum atomic E-state index is 11.1. The molecule has 0 atom stereocenters. The second-order valence-corrected chi connectivity index (χ2v) is 4.96. The van der Waals surface area contributed by atoms with Gasteiger partial charge in [-0.1, -0.05) is 64.7 Å². The fourth-order valence-corrected chi connectivity index (χ4v) is 1.90. The Kier molecular flexibility index (Phi) is 12.6. The molecule has 0 fully saturated rings. The minimum atomic E-state index is -0.601. The highest BCUT2D eigenvalue weighted by atomic mass is 17.2. The van der Waals surface area contributed by atoms with Crippen molar-refractivity contribution >= 4 is 11.9 Å². The standard InChI is InChI=1S/C15H28O4/c1-3-4-5-6-7-8-9-10-11-12-13-15(17)19-18-14(2)16/h3-13H2,1-2H3. The van der Waals surface area contributed by atoms with Crippen molar-refractivity contribution in [1.29, 1.82) is 0 Å². The Labute approximate surface area is 116 Å². The molecule has 0 aliphatic carbocycles. The van der Waals surface area contributed by atoms with E-state index < -0.39 is 11.9 Å². The fourth-order valence-electron chi connectivity index (χ4n) is 1.90. The first-order valence-corrected chi connectivity index (χ1v) is 7.54. The van der Waals surface area contributed by atoms with Crippen molar-refractivity contribution in [2.24, 2.45) is 0 Å². The first-order valence-electron chi connectivity index (χ1n) is 7.54. The third-order valence-electron chi connectivity index (χ3n) is 2.99. The number of carbonyl (C=O) groups is 2. The predicted molar refractivity (Wildman–Crippen MR) is 74.3 cm³/mol. The van der Waals surface area contributed by atoms with E-state index in [1.165, 1.54) is 51.9 Å². The Morgan fingerprint density at radius 1 is 0.737 bits per heavy atom. The smallest absolute Gasteiger partial charge is 0.248 e. The highest BCUT2D eigenvalue weighted by Crippen LogP contribution is 2.11. The van der Waals surface area contributed by atoms with Gasteiger partial charge in [0.05, 0.1) is 6.42 Å². The molecule has 0 aromatic carbocycles. The van der Waals surface area contributed by atoms with Crippen LogP contribution < -0.4 is 0 Å². The molecule has 0 saturated carbocycles. The Morgan fingerprint density at radius 2 is 1.21 bits per heavy atom. The molecule has 0 aromatic heterocycles. The molecule has 0 spiro atoms. The molecular weight excluding hydrogens is 244 g/mol. The fraction of sp³-hybridized carbons (Fsp3) is 0.867. The summed E-state index contributed by atoms with van der Waals surface area (Å²) in [6.45, 7) is 3.43. The van der Waals surface area contributed by atoms with Gasteiger partial charge in [-0.05, 0) is 6.42 Å². The quantitative estimate of drug-likeness (QED) is 0.319. The zero-order valence-electron chi connectivity index (χ0n) is 12.4. The van der Waals surface area contributed by atoms with Gasteiger partial charge in [-0.15, -0.1) is 0 Å². The molecule has 4 nitrogen and oxygen atoms in total. The summed E-state index contributed by atoms with van der Waals surface area (Å²) in [5, 5.41) is 0. The SMILES string of the molecule is CCCCCCCCCCCCC(=O)OOC(C)=O. The minimum Gasteiger partial charge on any atom is -0.248 e. The van der Waals surface area contributed by atoms with E-state index in [2.05, 4.69) is 16.7 Å². The molecule has 112 valence electrons. The van der Waals surface area contributed by atoms with Crippen LogP contribution in [0.4, 0.5) is 0 Å². The largest absolute Gasteiger partial charge is 0.355 e. The summed E-state index contributed by atoms with van der Waals surface area (Å²) in [4.78, 5) is 29.9. The Bertz CT molecular complexity index is 238. The van der Waals surface area contributed by atoms with Crippen molar-refractivity contribution in [3.63, 3.8) is 0 Å². The van der Waals surface area contributed by atoms with Crippen LogP contribution in [0, 0.1) is 0 Å². The molecule has 0 aliphatic rings. The van der Waals surface area contributed by atoms with E-state index in [9.17, 15) is 9.59 Å². The zero-order chi connectivity index (χ0) is 14.3. The van der Waals surface area contributed by atoms with Crippen molar-refractivity contribution in [2.45, 2.75) is 84.5 Å². The highest BCUT2D eigenvalue weighted by Gasteiger charge is 2.05. The van der Waals surface area contributed by atoms with Gasteiger partial charge in [0, 0.05) is 6.92 Å². The lowest BCUT2D eigenvalue weighted by Crippen LogP contribution is -2.08. The lowest BCUT2D eigenvalue weighted by Gasteiger charge is -2.02. The van der Waals surface area contributed by atoms with E-state index in [0.717, 1.165) is 19.3 Å². The highest BCUT2D eigenvalue weighted by molar-refractivity contribution is 5.71. The molecule has 0 amide bonds. The summed E-state index contributed by atoms with van der Waals surface area (Å²) in [5.41, 5.74) is 0. The maximum absolute atomic E-state index is 11.1. The van der Waals surface area contributed by atoms with Gasteiger partial charge in [0.2, 0.25) is 0 Å². The summed E-state index contributed by atoms with van der Waals surface area (Å²) in [5.74, 6) is -1.06. The molecule has 19 heavy (non-hydrogen) atoms. The molecule has 0 aromatic rings. The van der Waals surface area contributed by atoms with Crippen LogP contribution in [-0.2, 0) is 19.4 Å². The van der Waals surface area contributed by atoms with Crippen molar-refractivity contribution in [2.75, 3.05) is 0 Å². The second kappa shape index (κ2) is 13.4. The molecular formula is C15H28O4. The third-order valence-corrected chi connectivity index (χ3v) is 2.99. The molecule has 0 radical (unpaired) electrons. The predicted octanol–water partition coefficient (Wildman–Crippen LogP) is 4.32. The van der Waals surface area contributed by atoms with Crippen LogP contribution in [0.5, 0.6) is 0 Å². The zero-order valence-corrected chi connectivity index (χ0v) is 12.4. The first-order chi connectivity index (χ1) is 9.16. The lowest BCUT2D eigenvalue weighted by molar-refractivity contribution is -0.257. The van der Waals surface area contributed by atoms with E-state index in [1.807, 2.05) is 0 Å². The lowest BCUT2D eigenvalue weighted by atomic mass is 10.1. The molecule has 0 heterocycles. The van der Waals surface area contributed by atoms with Crippen LogP contribution in [-0.4, -0.2) is 11.9 Å². The summed E-state index contributed by atoms with van der Waals surface area (Å²) >= 11 is 0. The minimum absolute atomic E-state index is 0.323. The van der Waals surface area contributed by atoms with Gasteiger partial charge in [-0.3, -0.25) is 0 Å². The number of hydrogen-bond acceptors (Lipinski definition) is 4. The van der Waals surface area contributed by atoms with E-state index >= 15 is 0 Å². The van der Waals surface area contributed by atoms with Gasteiger partial charge >= 0.3 is 11.9 Å². The summed E-state index contributed by atoms with van der Waals surface area (Å²) in [6.07, 6.45) is 12.5. The van der Waals surface area contributed by atoms with Crippen molar-refractivity contribution in [3.05, 3.63) is 0 Å². The number of unbranched alkanes of at least 4 members (excludes halogenated alkanes) is 9. The van der Waals surface area contributed by atoms with E-state index in [4.69, 9.17) is 0 Å².